The van der Waals surface area contributed by atoms with Gasteiger partial charge in [0.1, 0.15) is 5.56 Å². The molecule has 5 nitrogen and oxygen atoms in total. The molecule has 0 aliphatic heterocycles. The Balaban J connectivity index is 3.04. The van der Waals surface area contributed by atoms with Gasteiger partial charge in [-0.2, -0.15) is 0 Å². The van der Waals surface area contributed by atoms with E-state index in [4.69, 9.17) is 4.74 Å². The maximum atomic E-state index is 11.1. The van der Waals surface area contributed by atoms with Crippen LogP contribution in [-0.2, 0) is 11.8 Å². The zero-order chi connectivity index (χ0) is 9.14. The van der Waals surface area contributed by atoms with Crippen LogP contribution in [0.2, 0.25) is 0 Å². The van der Waals surface area contributed by atoms with Crippen molar-refractivity contribution in [3.05, 3.63) is 11.8 Å². The molecule has 0 saturated carbocycles. The molecule has 0 unspecified atom stereocenters. The molecular weight excluding hydrogens is 160 g/mol. The summed E-state index contributed by atoms with van der Waals surface area (Å²) in [5, 5.41) is 3.89. The van der Waals surface area contributed by atoms with Gasteiger partial charge in [-0.25, -0.2) is 4.79 Å². The molecule has 1 aromatic rings. The van der Waals surface area contributed by atoms with Crippen LogP contribution >= 0.6 is 0 Å². The highest BCUT2D eigenvalue weighted by atomic mass is 16.5. The average molecular weight is 170 g/mol. The lowest BCUT2D eigenvalue weighted by atomic mass is 10.3. The second-order valence-corrected chi connectivity index (χ2v) is 2.22. The van der Waals surface area contributed by atoms with E-state index in [1.54, 1.807) is 13.2 Å². The van der Waals surface area contributed by atoms with E-state index in [9.17, 15) is 4.79 Å². The molecule has 1 aromatic heterocycles. The number of esters is 1. The number of rotatable bonds is 2. The smallest absolute Gasteiger partial charge is 0.345 e. The largest absolute Gasteiger partial charge is 0.479 e. The van der Waals surface area contributed by atoms with Gasteiger partial charge in [0.2, 0.25) is 5.88 Å². The lowest BCUT2D eigenvalue weighted by molar-refractivity contribution is 0.0597. The Kier molecular flexibility index (Phi) is 2.32. The standard InChI is InChI=1S/C7H10N2O3/c1-9-4-5(7(10)12-3)6(8-9)11-2/h4H,1-3H3. The van der Waals surface area contributed by atoms with E-state index >= 15 is 0 Å². The number of aryl methyl sites for hydroxylation is 1. The predicted molar refractivity (Wildman–Crippen MR) is 41.1 cm³/mol. The lowest BCUT2D eigenvalue weighted by Crippen LogP contribution is -2.01. The Bertz CT molecular complexity index is 293. The van der Waals surface area contributed by atoms with E-state index in [1.807, 2.05) is 0 Å². The third-order valence-corrected chi connectivity index (χ3v) is 1.39. The molecule has 5 heteroatoms. The number of methoxy groups -OCH3 is 2. The van der Waals surface area contributed by atoms with E-state index in [1.165, 1.54) is 18.9 Å². The van der Waals surface area contributed by atoms with Crippen molar-refractivity contribution in [2.45, 2.75) is 0 Å². The maximum absolute atomic E-state index is 11.1. The van der Waals surface area contributed by atoms with Gasteiger partial charge in [-0.15, -0.1) is 5.10 Å². The highest BCUT2D eigenvalue weighted by Crippen LogP contribution is 2.14. The van der Waals surface area contributed by atoms with E-state index in [2.05, 4.69) is 9.84 Å². The molecule has 0 spiro atoms. The summed E-state index contributed by atoms with van der Waals surface area (Å²) in [6.45, 7) is 0. The van der Waals surface area contributed by atoms with Crippen molar-refractivity contribution in [1.82, 2.24) is 9.78 Å². The van der Waals surface area contributed by atoms with Crippen molar-refractivity contribution in [3.63, 3.8) is 0 Å². The van der Waals surface area contributed by atoms with Crippen LogP contribution in [0.1, 0.15) is 10.4 Å². The normalized spacial score (nSPS) is 9.58. The van der Waals surface area contributed by atoms with Crippen LogP contribution in [0, 0.1) is 0 Å². The molecule has 0 aliphatic rings. The van der Waals surface area contributed by atoms with Crippen LogP contribution in [0.4, 0.5) is 0 Å². The first kappa shape index (κ1) is 8.58. The monoisotopic (exact) mass is 170 g/mol. The fourth-order valence-electron chi connectivity index (χ4n) is 0.869. The highest BCUT2D eigenvalue weighted by Gasteiger charge is 2.15. The molecule has 66 valence electrons. The van der Waals surface area contributed by atoms with Gasteiger partial charge >= 0.3 is 5.97 Å². The summed E-state index contributed by atoms with van der Waals surface area (Å²) in [7, 11) is 4.47. The van der Waals surface area contributed by atoms with Crippen molar-refractivity contribution in [1.29, 1.82) is 0 Å². The molecule has 0 aliphatic carbocycles. The molecule has 0 N–H and O–H groups in total. The van der Waals surface area contributed by atoms with E-state index < -0.39 is 5.97 Å². The number of carbonyl (C=O) groups is 1. The van der Waals surface area contributed by atoms with Crippen LogP contribution < -0.4 is 4.74 Å². The van der Waals surface area contributed by atoms with Gasteiger partial charge < -0.3 is 9.47 Å². The Labute approximate surface area is 69.9 Å². The van der Waals surface area contributed by atoms with Gasteiger partial charge in [0, 0.05) is 13.2 Å². The van der Waals surface area contributed by atoms with Crippen LogP contribution in [0.25, 0.3) is 0 Å². The minimum absolute atomic E-state index is 0.282. The van der Waals surface area contributed by atoms with Gasteiger partial charge in [-0.1, -0.05) is 0 Å². The van der Waals surface area contributed by atoms with Crippen LogP contribution in [0.15, 0.2) is 6.20 Å². The van der Waals surface area contributed by atoms with Gasteiger partial charge in [-0.3, -0.25) is 4.68 Å². The fourth-order valence-corrected chi connectivity index (χ4v) is 0.869. The molecule has 0 fully saturated rings. The predicted octanol–water partition coefficient (Wildman–Crippen LogP) is 0.215. The van der Waals surface area contributed by atoms with Crippen LogP contribution in [-0.4, -0.2) is 30.0 Å². The minimum Gasteiger partial charge on any atom is -0.479 e. The zero-order valence-corrected chi connectivity index (χ0v) is 7.20. The first-order valence-corrected chi connectivity index (χ1v) is 3.35. The van der Waals surface area contributed by atoms with Crippen molar-refractivity contribution in [2.75, 3.05) is 14.2 Å². The molecule has 0 saturated heterocycles. The maximum Gasteiger partial charge on any atom is 0.345 e. The Morgan fingerprint density at radius 2 is 2.25 bits per heavy atom. The van der Waals surface area contributed by atoms with E-state index in [-0.39, 0.29) is 5.88 Å². The Morgan fingerprint density at radius 3 is 2.75 bits per heavy atom. The van der Waals surface area contributed by atoms with Crippen molar-refractivity contribution < 1.29 is 14.3 Å². The molecular formula is C7H10N2O3. The van der Waals surface area contributed by atoms with Crippen LogP contribution in [0.5, 0.6) is 5.88 Å². The topological polar surface area (TPSA) is 53.4 Å². The summed E-state index contributed by atoms with van der Waals surface area (Å²) >= 11 is 0. The summed E-state index contributed by atoms with van der Waals surface area (Å²) in [6, 6.07) is 0. The molecule has 1 rings (SSSR count). The van der Waals surface area contributed by atoms with Crippen molar-refractivity contribution in [3.8, 4) is 5.88 Å². The third-order valence-electron chi connectivity index (χ3n) is 1.39. The number of hydrogen-bond donors (Lipinski definition) is 0. The molecule has 12 heavy (non-hydrogen) atoms. The van der Waals surface area contributed by atoms with Crippen molar-refractivity contribution >= 4 is 5.97 Å². The number of ether oxygens (including phenoxy) is 2. The number of aromatic nitrogens is 2. The second-order valence-electron chi connectivity index (χ2n) is 2.22. The Morgan fingerprint density at radius 1 is 1.58 bits per heavy atom. The van der Waals surface area contributed by atoms with Gasteiger partial charge in [0.25, 0.3) is 0 Å². The quantitative estimate of drug-likeness (QED) is 0.595. The molecule has 0 bridgehead atoms. The number of nitrogens with zero attached hydrogens (tertiary/aromatic N) is 2. The molecule has 0 amide bonds. The fraction of sp³-hybridized carbons (Fsp3) is 0.429. The zero-order valence-electron chi connectivity index (χ0n) is 7.20. The SMILES string of the molecule is COC(=O)c1cn(C)nc1OC. The van der Waals surface area contributed by atoms with Gasteiger partial charge in [0.05, 0.1) is 14.2 Å². The number of carbonyl (C=O) groups excluding carboxylic acids is 1. The first-order chi connectivity index (χ1) is 5.69. The Hall–Kier alpha value is -1.52. The molecule has 0 atom stereocenters. The van der Waals surface area contributed by atoms with E-state index in [0.29, 0.717) is 5.56 Å². The minimum atomic E-state index is -0.444. The summed E-state index contributed by atoms with van der Waals surface area (Å²) in [5.41, 5.74) is 0.336. The van der Waals surface area contributed by atoms with Gasteiger partial charge in [0.15, 0.2) is 0 Å². The third kappa shape index (κ3) is 1.39. The summed E-state index contributed by atoms with van der Waals surface area (Å²) in [6.07, 6.45) is 1.55. The summed E-state index contributed by atoms with van der Waals surface area (Å²) in [4.78, 5) is 11.1. The average Bonchev–Trinajstić information content (AvgIpc) is 2.45. The summed E-state index contributed by atoms with van der Waals surface area (Å²) in [5.74, 6) is -0.163. The molecule has 0 radical (unpaired) electrons. The lowest BCUT2D eigenvalue weighted by Gasteiger charge is -1.96. The summed E-state index contributed by atoms with van der Waals surface area (Å²) < 4.78 is 10.9. The van der Waals surface area contributed by atoms with E-state index in [0.717, 1.165) is 0 Å². The van der Waals surface area contributed by atoms with Gasteiger partial charge in [-0.05, 0) is 0 Å². The molecule has 0 aromatic carbocycles. The van der Waals surface area contributed by atoms with Crippen molar-refractivity contribution in [2.24, 2.45) is 7.05 Å². The second kappa shape index (κ2) is 3.25. The number of hydrogen-bond acceptors (Lipinski definition) is 4. The molecule has 1 heterocycles. The highest BCUT2D eigenvalue weighted by molar-refractivity contribution is 5.91. The first-order valence-electron chi connectivity index (χ1n) is 3.35. The van der Waals surface area contributed by atoms with Crippen LogP contribution in [0.3, 0.4) is 0 Å².